The summed E-state index contributed by atoms with van der Waals surface area (Å²) in [6, 6.07) is 3.53. The molecule has 2 fully saturated rings. The van der Waals surface area contributed by atoms with Crippen LogP contribution in [0.25, 0.3) is 0 Å². The van der Waals surface area contributed by atoms with Crippen molar-refractivity contribution in [1.82, 2.24) is 0 Å². The molecule has 1 N–H and O–H groups in total. The topological polar surface area (TPSA) is 119 Å². The van der Waals surface area contributed by atoms with E-state index in [2.05, 4.69) is 0 Å². The summed E-state index contributed by atoms with van der Waals surface area (Å²) in [4.78, 5) is 10.7. The van der Waals surface area contributed by atoms with Gasteiger partial charge in [-0.3, -0.25) is 0 Å². The second-order valence-electron chi connectivity index (χ2n) is 6.13. The third-order valence-electron chi connectivity index (χ3n) is 4.62. The zero-order valence-electron chi connectivity index (χ0n) is 12.7. The Morgan fingerprint density at radius 3 is 2.09 bits per heavy atom. The van der Waals surface area contributed by atoms with Crippen LogP contribution in [0.5, 0.6) is 0 Å². The Labute approximate surface area is 135 Å². The fourth-order valence-corrected chi connectivity index (χ4v) is 5.93. The molecule has 0 unspecified atom stereocenters. The third-order valence-corrected chi connectivity index (χ3v) is 6.54. The Morgan fingerprint density at radius 1 is 1.09 bits per heavy atom. The van der Waals surface area contributed by atoms with Crippen molar-refractivity contribution in [3.8, 4) is 12.1 Å². The second kappa shape index (κ2) is 6.55. The van der Waals surface area contributed by atoms with Gasteiger partial charge in [-0.25, -0.2) is 13.2 Å². The summed E-state index contributed by atoms with van der Waals surface area (Å²) in [5.41, 5.74) is -0.952. The predicted molar refractivity (Wildman–Crippen MR) is 82.5 cm³/mol. The lowest BCUT2D eigenvalue weighted by Crippen LogP contribution is -2.26. The Balaban J connectivity index is 2.72. The quantitative estimate of drug-likeness (QED) is 0.581. The molecule has 0 aromatic carbocycles. The van der Waals surface area contributed by atoms with Crippen LogP contribution in [0.1, 0.15) is 44.9 Å². The van der Waals surface area contributed by atoms with Crippen LogP contribution < -0.4 is 0 Å². The maximum atomic E-state index is 12.5. The maximum absolute atomic E-state index is 12.5. The summed E-state index contributed by atoms with van der Waals surface area (Å²) < 4.78 is 25.1. The monoisotopic (exact) mass is 334 g/mol. The fourth-order valence-electron chi connectivity index (χ4n) is 3.71. The molecule has 6 nitrogen and oxygen atoms in total. The molecule has 1 spiro atoms. The molecule has 0 atom stereocenters. The van der Waals surface area contributed by atoms with E-state index in [0.29, 0.717) is 18.9 Å². The van der Waals surface area contributed by atoms with Gasteiger partial charge in [0, 0.05) is 17.1 Å². The van der Waals surface area contributed by atoms with Crippen molar-refractivity contribution in [1.29, 1.82) is 10.5 Å². The number of rotatable bonds is 1. The number of carboxylic acids is 1. The molecule has 2 rings (SSSR count). The van der Waals surface area contributed by atoms with Gasteiger partial charge < -0.3 is 5.11 Å². The van der Waals surface area contributed by atoms with Crippen molar-refractivity contribution in [3.05, 3.63) is 22.1 Å². The largest absolute Gasteiger partial charge is 0.478 e. The smallest absolute Gasteiger partial charge is 0.329 e. The molecule has 1 heterocycles. The number of nitriles is 2. The Hall–Kier alpha value is -2.12. The van der Waals surface area contributed by atoms with Crippen LogP contribution >= 0.6 is 0 Å². The van der Waals surface area contributed by atoms with E-state index in [9.17, 15) is 23.7 Å². The van der Waals surface area contributed by atoms with Gasteiger partial charge in [0.15, 0.2) is 9.84 Å². The van der Waals surface area contributed by atoms with Crippen molar-refractivity contribution in [3.63, 3.8) is 0 Å². The molecular weight excluding hydrogens is 316 g/mol. The first kappa shape index (κ1) is 17.2. The number of allylic oxidation sites excluding steroid dienone is 2. The molecule has 1 saturated heterocycles. The number of hydrogen-bond donors (Lipinski definition) is 1. The predicted octanol–water partition coefficient (Wildman–Crippen LogP) is 2.46. The van der Waals surface area contributed by atoms with Crippen molar-refractivity contribution < 1.29 is 18.3 Å². The average Bonchev–Trinajstić information content (AvgIpc) is 2.66. The summed E-state index contributed by atoms with van der Waals surface area (Å²) in [6.45, 7) is 0. The first-order chi connectivity index (χ1) is 10.9. The molecule has 122 valence electrons. The van der Waals surface area contributed by atoms with Crippen molar-refractivity contribution in [2.24, 2.45) is 5.41 Å². The van der Waals surface area contributed by atoms with Gasteiger partial charge in [-0.2, -0.15) is 10.5 Å². The van der Waals surface area contributed by atoms with Gasteiger partial charge in [-0.15, -0.1) is 0 Å². The van der Waals surface area contributed by atoms with Crippen molar-refractivity contribution >= 4 is 15.8 Å². The number of hydrogen-bond acceptors (Lipinski definition) is 5. The minimum atomic E-state index is -3.81. The highest BCUT2D eigenvalue weighted by Gasteiger charge is 2.51. The SMILES string of the molecule is N#CC(C#N)=C1/C(=C/C(=O)O)S(=O)(=O)CC12CCCCCCC2. The van der Waals surface area contributed by atoms with Crippen molar-refractivity contribution in [2.45, 2.75) is 44.9 Å². The van der Waals surface area contributed by atoms with Gasteiger partial charge in [-0.05, 0) is 12.8 Å². The van der Waals surface area contributed by atoms with E-state index in [4.69, 9.17) is 5.11 Å². The van der Waals surface area contributed by atoms with Gasteiger partial charge in [0.1, 0.15) is 17.7 Å². The second-order valence-corrected chi connectivity index (χ2v) is 8.09. The van der Waals surface area contributed by atoms with Gasteiger partial charge in [-0.1, -0.05) is 32.1 Å². The number of nitrogens with zero attached hydrogens (tertiary/aromatic N) is 2. The van der Waals surface area contributed by atoms with E-state index in [1.807, 2.05) is 0 Å². The van der Waals surface area contributed by atoms with E-state index in [1.54, 1.807) is 12.1 Å². The lowest BCUT2D eigenvalue weighted by Gasteiger charge is -2.31. The average molecular weight is 334 g/mol. The number of sulfone groups is 1. The molecule has 7 heteroatoms. The van der Waals surface area contributed by atoms with Crippen LogP contribution in [-0.4, -0.2) is 25.2 Å². The molecule has 0 aromatic heterocycles. The van der Waals surface area contributed by atoms with E-state index < -0.39 is 21.2 Å². The Kier molecular flexibility index (Phi) is 4.91. The van der Waals surface area contributed by atoms with Gasteiger partial charge in [0.05, 0.1) is 10.7 Å². The van der Waals surface area contributed by atoms with E-state index >= 15 is 0 Å². The summed E-state index contributed by atoms with van der Waals surface area (Å²) in [6.07, 6.45) is 6.41. The normalized spacial score (nSPS) is 24.4. The van der Waals surface area contributed by atoms with Crippen LogP contribution in [0.3, 0.4) is 0 Å². The van der Waals surface area contributed by atoms with Crippen LogP contribution in [-0.2, 0) is 14.6 Å². The first-order valence-electron chi connectivity index (χ1n) is 7.59. The minimum absolute atomic E-state index is 0.131. The highest BCUT2D eigenvalue weighted by molar-refractivity contribution is 7.96. The molecule has 0 bridgehead atoms. The van der Waals surface area contributed by atoms with Crippen LogP contribution in [0, 0.1) is 28.1 Å². The summed E-state index contributed by atoms with van der Waals surface area (Å²) in [5.74, 6) is -1.60. The van der Waals surface area contributed by atoms with Gasteiger partial charge >= 0.3 is 5.97 Å². The molecule has 0 amide bonds. The molecule has 1 aliphatic carbocycles. The lowest BCUT2D eigenvalue weighted by molar-refractivity contribution is -0.131. The van der Waals surface area contributed by atoms with Crippen LogP contribution in [0.15, 0.2) is 22.1 Å². The molecule has 23 heavy (non-hydrogen) atoms. The number of aliphatic carboxylic acids is 1. The highest BCUT2D eigenvalue weighted by atomic mass is 32.2. The standard InChI is InChI=1S/C16H18N2O4S/c17-9-12(10-18)15-13(8-14(19)20)23(21,22)11-16(15)6-4-2-1-3-5-7-16/h8H,1-7,11H2,(H,19,20)/b13-8-. The molecular formula is C16H18N2O4S. The molecule has 2 aliphatic rings. The fraction of sp³-hybridized carbons (Fsp3) is 0.562. The molecule has 1 aliphatic heterocycles. The zero-order valence-corrected chi connectivity index (χ0v) is 13.5. The zero-order chi connectivity index (χ0) is 17.1. The molecule has 0 radical (unpaired) electrons. The third kappa shape index (κ3) is 3.30. The summed E-state index contributed by atoms with van der Waals surface area (Å²) in [7, 11) is -3.81. The van der Waals surface area contributed by atoms with E-state index in [-0.39, 0.29) is 21.8 Å². The number of carbonyl (C=O) groups is 1. The number of carboxylic acid groups (broad SMARTS) is 1. The Morgan fingerprint density at radius 2 is 1.61 bits per heavy atom. The maximum Gasteiger partial charge on any atom is 0.329 e. The van der Waals surface area contributed by atoms with Gasteiger partial charge in [0.25, 0.3) is 0 Å². The molecule has 0 aromatic rings. The van der Waals surface area contributed by atoms with E-state index in [1.165, 1.54) is 0 Å². The van der Waals surface area contributed by atoms with Gasteiger partial charge in [0.2, 0.25) is 0 Å². The van der Waals surface area contributed by atoms with E-state index in [0.717, 1.165) is 32.1 Å². The Bertz CT molecular complexity index is 739. The van der Waals surface area contributed by atoms with Crippen molar-refractivity contribution in [2.75, 3.05) is 5.75 Å². The van der Waals surface area contributed by atoms with Crippen LogP contribution in [0.2, 0.25) is 0 Å². The summed E-state index contributed by atoms with van der Waals surface area (Å²) >= 11 is 0. The minimum Gasteiger partial charge on any atom is -0.478 e. The summed E-state index contributed by atoms with van der Waals surface area (Å²) in [5, 5.41) is 27.5. The van der Waals surface area contributed by atoms with Crippen LogP contribution in [0.4, 0.5) is 0 Å². The lowest BCUT2D eigenvalue weighted by atomic mass is 9.71. The molecule has 1 saturated carbocycles. The highest BCUT2D eigenvalue weighted by Crippen LogP contribution is 2.53. The first-order valence-corrected chi connectivity index (χ1v) is 9.24.